The number of carboxylic acid groups (broad SMARTS) is 1. The van der Waals surface area contributed by atoms with E-state index in [1.54, 1.807) is 0 Å². The fraction of sp³-hybridized carbons (Fsp3) is 0.471. The van der Waals surface area contributed by atoms with Crippen LogP contribution in [0.4, 0.5) is 4.39 Å². The molecule has 142 valence electrons. The van der Waals surface area contributed by atoms with Crippen molar-refractivity contribution in [1.82, 2.24) is 29.5 Å². The van der Waals surface area contributed by atoms with Gasteiger partial charge in [-0.25, -0.2) is 14.5 Å². The Morgan fingerprint density at radius 3 is 2.63 bits per heavy atom. The molecule has 27 heavy (non-hydrogen) atoms. The number of rotatable bonds is 3. The average molecular weight is 374 g/mol. The van der Waals surface area contributed by atoms with E-state index in [1.165, 1.54) is 10.9 Å². The number of fused-ring (bicyclic) bond motifs is 1. The molecule has 3 heterocycles. The van der Waals surface area contributed by atoms with E-state index in [0.717, 1.165) is 36.6 Å². The van der Waals surface area contributed by atoms with Crippen molar-refractivity contribution >= 4 is 17.0 Å². The second-order valence-electron chi connectivity index (χ2n) is 7.65. The van der Waals surface area contributed by atoms with Crippen molar-refractivity contribution in [2.24, 2.45) is 5.41 Å². The summed E-state index contributed by atoms with van der Waals surface area (Å²) in [5, 5.41) is 27.2. The fourth-order valence-corrected chi connectivity index (χ4v) is 3.52. The molecule has 1 aliphatic rings. The van der Waals surface area contributed by atoms with Crippen LogP contribution in [0.25, 0.3) is 17.0 Å². The first-order chi connectivity index (χ1) is 12.7. The summed E-state index contributed by atoms with van der Waals surface area (Å²) in [4.78, 5) is 19.1. The second-order valence-corrected chi connectivity index (χ2v) is 7.65. The van der Waals surface area contributed by atoms with Gasteiger partial charge in [0.2, 0.25) is 5.88 Å². The molecule has 0 aliphatic heterocycles. The van der Waals surface area contributed by atoms with E-state index in [4.69, 9.17) is 5.11 Å². The molecule has 0 bridgehead atoms. The first-order valence-corrected chi connectivity index (χ1v) is 8.68. The number of carbonyl (C=O) groups is 1. The van der Waals surface area contributed by atoms with Crippen molar-refractivity contribution in [3.8, 4) is 11.8 Å². The summed E-state index contributed by atoms with van der Waals surface area (Å²) in [6, 6.07) is -0.0336. The predicted molar refractivity (Wildman–Crippen MR) is 92.3 cm³/mol. The molecule has 10 heteroatoms. The van der Waals surface area contributed by atoms with Crippen LogP contribution in [-0.4, -0.2) is 45.7 Å². The summed E-state index contributed by atoms with van der Waals surface area (Å²) in [6.45, 7) is 4.40. The van der Waals surface area contributed by atoms with Crippen LogP contribution < -0.4 is 0 Å². The Hall–Kier alpha value is -3.04. The van der Waals surface area contributed by atoms with Gasteiger partial charge >= 0.3 is 5.97 Å². The van der Waals surface area contributed by atoms with Crippen molar-refractivity contribution in [3.05, 3.63) is 23.9 Å². The maximum atomic E-state index is 14.5. The number of carboxylic acids is 1. The highest BCUT2D eigenvalue weighted by molar-refractivity contribution is 5.87. The van der Waals surface area contributed by atoms with Crippen LogP contribution in [0.3, 0.4) is 0 Å². The zero-order valence-electron chi connectivity index (χ0n) is 14.9. The summed E-state index contributed by atoms with van der Waals surface area (Å²) in [6.07, 6.45) is 5.92. The standard InChI is InChI=1S/C17H19FN6O3/c1-17(2)5-3-10(4-6-17)24-12-11(13(18)22-24)20-16(21-14(12)25)23-8-9(7-19-23)15(26)27/h7-8,10H,3-6H2,1-2H3,(H,26,27)(H,20,21,25). The van der Waals surface area contributed by atoms with E-state index < -0.39 is 17.8 Å². The van der Waals surface area contributed by atoms with Crippen LogP contribution in [-0.2, 0) is 0 Å². The predicted octanol–water partition coefficient (Wildman–Crippen LogP) is 2.70. The van der Waals surface area contributed by atoms with Gasteiger partial charge in [0.05, 0.1) is 17.8 Å². The Labute approximate surface area is 153 Å². The largest absolute Gasteiger partial charge is 0.492 e. The Morgan fingerprint density at radius 2 is 2.00 bits per heavy atom. The lowest BCUT2D eigenvalue weighted by Gasteiger charge is -2.34. The Morgan fingerprint density at radius 1 is 1.30 bits per heavy atom. The number of nitrogens with zero attached hydrogens (tertiary/aromatic N) is 6. The minimum atomic E-state index is -1.16. The van der Waals surface area contributed by atoms with Crippen LogP contribution in [0.5, 0.6) is 5.88 Å². The minimum Gasteiger partial charge on any atom is -0.492 e. The molecular weight excluding hydrogens is 355 g/mol. The number of halogens is 1. The molecule has 0 radical (unpaired) electrons. The average Bonchev–Trinajstić information content (AvgIpc) is 3.21. The van der Waals surface area contributed by atoms with Crippen molar-refractivity contribution < 1.29 is 19.4 Å². The lowest BCUT2D eigenvalue weighted by Crippen LogP contribution is -2.24. The molecule has 1 saturated carbocycles. The second kappa shape index (κ2) is 6.00. The van der Waals surface area contributed by atoms with Gasteiger partial charge in [-0.05, 0) is 31.1 Å². The molecule has 0 unspecified atom stereocenters. The molecular formula is C17H19FN6O3. The van der Waals surface area contributed by atoms with Crippen LogP contribution >= 0.6 is 0 Å². The van der Waals surface area contributed by atoms with Gasteiger partial charge in [0.1, 0.15) is 0 Å². The molecule has 1 fully saturated rings. The van der Waals surface area contributed by atoms with Crippen molar-refractivity contribution in [1.29, 1.82) is 0 Å². The van der Waals surface area contributed by atoms with E-state index >= 15 is 0 Å². The van der Waals surface area contributed by atoms with Gasteiger partial charge < -0.3 is 10.2 Å². The normalized spacial score (nSPS) is 17.4. The van der Waals surface area contributed by atoms with E-state index in [2.05, 4.69) is 34.0 Å². The number of hydrogen-bond donors (Lipinski definition) is 2. The molecule has 0 atom stereocenters. The molecule has 9 nitrogen and oxygen atoms in total. The third-order valence-electron chi connectivity index (χ3n) is 5.16. The van der Waals surface area contributed by atoms with Crippen molar-refractivity contribution in [2.75, 3.05) is 0 Å². The van der Waals surface area contributed by atoms with E-state index in [9.17, 15) is 14.3 Å². The Balaban J connectivity index is 1.76. The van der Waals surface area contributed by atoms with Crippen molar-refractivity contribution in [3.63, 3.8) is 0 Å². The molecule has 3 aromatic rings. The highest BCUT2D eigenvalue weighted by Gasteiger charge is 2.31. The van der Waals surface area contributed by atoms with Gasteiger partial charge in [-0.1, -0.05) is 13.8 Å². The number of aromatic nitrogens is 6. The van der Waals surface area contributed by atoms with E-state index in [0.29, 0.717) is 0 Å². The Bertz CT molecular complexity index is 1030. The summed E-state index contributed by atoms with van der Waals surface area (Å²) >= 11 is 0. The Kier molecular flexibility index (Phi) is 3.86. The topological polar surface area (TPSA) is 119 Å². The molecule has 0 aromatic carbocycles. The zero-order chi connectivity index (χ0) is 19.3. The minimum absolute atomic E-state index is 0.0336. The van der Waals surface area contributed by atoms with Gasteiger partial charge in [0, 0.05) is 6.20 Å². The lowest BCUT2D eigenvalue weighted by molar-refractivity contribution is 0.0697. The van der Waals surface area contributed by atoms with Crippen molar-refractivity contribution in [2.45, 2.75) is 45.6 Å². The molecule has 2 N–H and O–H groups in total. The summed E-state index contributed by atoms with van der Waals surface area (Å²) in [7, 11) is 0. The van der Waals surface area contributed by atoms with Crippen LogP contribution in [0.15, 0.2) is 12.4 Å². The fourth-order valence-electron chi connectivity index (χ4n) is 3.52. The quantitative estimate of drug-likeness (QED) is 0.723. The van der Waals surface area contributed by atoms with Crippen LogP contribution in [0, 0.1) is 11.4 Å². The number of aromatic hydroxyl groups is 1. The molecule has 0 spiro atoms. The number of hydrogen-bond acceptors (Lipinski definition) is 6. The lowest BCUT2D eigenvalue weighted by atomic mass is 9.75. The molecule has 0 saturated heterocycles. The van der Waals surface area contributed by atoms with Crippen LogP contribution in [0.2, 0.25) is 0 Å². The summed E-state index contributed by atoms with van der Waals surface area (Å²) in [5.41, 5.74) is 0.200. The van der Waals surface area contributed by atoms with Gasteiger partial charge in [-0.3, -0.25) is 4.68 Å². The highest BCUT2D eigenvalue weighted by atomic mass is 19.1. The van der Waals surface area contributed by atoms with Gasteiger partial charge in [0.15, 0.2) is 11.0 Å². The third kappa shape index (κ3) is 3.00. The monoisotopic (exact) mass is 374 g/mol. The first kappa shape index (κ1) is 17.4. The molecule has 0 amide bonds. The zero-order valence-corrected chi connectivity index (χ0v) is 14.9. The molecule has 4 rings (SSSR count). The third-order valence-corrected chi connectivity index (χ3v) is 5.16. The first-order valence-electron chi connectivity index (χ1n) is 8.68. The van der Waals surface area contributed by atoms with E-state index in [-0.39, 0.29) is 34.0 Å². The van der Waals surface area contributed by atoms with E-state index in [1.807, 2.05) is 0 Å². The SMILES string of the molecule is CC1(C)CCC(n2nc(F)c3nc(-n4cc(C(=O)O)cn4)nc(O)c32)CC1. The summed E-state index contributed by atoms with van der Waals surface area (Å²) < 4.78 is 17.0. The smallest absolute Gasteiger partial charge is 0.338 e. The summed E-state index contributed by atoms with van der Waals surface area (Å²) in [5.74, 6) is -2.51. The molecule has 3 aromatic heterocycles. The maximum Gasteiger partial charge on any atom is 0.338 e. The van der Waals surface area contributed by atoms with Gasteiger partial charge in [-0.15, -0.1) is 5.10 Å². The van der Waals surface area contributed by atoms with Gasteiger partial charge in [-0.2, -0.15) is 14.5 Å². The number of aromatic carboxylic acids is 1. The maximum absolute atomic E-state index is 14.5. The van der Waals surface area contributed by atoms with Crippen LogP contribution in [0.1, 0.15) is 55.9 Å². The highest BCUT2D eigenvalue weighted by Crippen LogP contribution is 2.41. The van der Waals surface area contributed by atoms with Gasteiger partial charge in [0.25, 0.3) is 11.9 Å². The molecule has 1 aliphatic carbocycles.